The molecule has 3 heterocycles. The molecule has 1 N–H and O–H groups in total. The highest BCUT2D eigenvalue weighted by molar-refractivity contribution is 8.00. The van der Waals surface area contributed by atoms with Crippen LogP contribution >= 0.6 is 23.4 Å². The summed E-state index contributed by atoms with van der Waals surface area (Å²) in [6.07, 6.45) is 4.49. The monoisotopic (exact) mass is 481 g/mol. The number of aryl methyl sites for hydroxylation is 1. The minimum absolute atomic E-state index is 0.0211. The molecule has 2 aromatic carbocycles. The molecule has 1 aromatic heterocycles. The van der Waals surface area contributed by atoms with Crippen molar-refractivity contribution in [3.63, 3.8) is 0 Å². The third-order valence-electron chi connectivity index (χ3n) is 5.97. The molecular weight excluding hydrogens is 458 g/mol. The summed E-state index contributed by atoms with van der Waals surface area (Å²) in [6.45, 7) is 1.20. The Hall–Kier alpha value is -2.84. The zero-order chi connectivity index (χ0) is 22.8. The molecule has 33 heavy (non-hydrogen) atoms. The van der Waals surface area contributed by atoms with E-state index >= 15 is 0 Å². The number of benzene rings is 2. The lowest BCUT2D eigenvalue weighted by molar-refractivity contribution is -0.117. The number of rotatable bonds is 5. The first-order valence-electron chi connectivity index (χ1n) is 11.1. The van der Waals surface area contributed by atoms with Crippen LogP contribution in [-0.4, -0.2) is 38.9 Å². The summed E-state index contributed by atoms with van der Waals surface area (Å²) in [5.74, 6) is 1.97. The quantitative estimate of drug-likeness (QED) is 0.566. The summed E-state index contributed by atoms with van der Waals surface area (Å²) < 4.78 is 2.14. The van der Waals surface area contributed by atoms with E-state index in [0.29, 0.717) is 23.0 Å². The molecule has 0 bridgehead atoms. The van der Waals surface area contributed by atoms with Crippen molar-refractivity contribution in [1.82, 2.24) is 14.8 Å². The molecule has 0 unspecified atom stereocenters. The first-order valence-corrected chi connectivity index (χ1v) is 12.5. The molecule has 0 aliphatic carbocycles. The molecule has 2 aliphatic heterocycles. The van der Waals surface area contributed by atoms with Crippen LogP contribution in [0.4, 0.5) is 11.4 Å². The van der Waals surface area contributed by atoms with Crippen LogP contribution in [0.3, 0.4) is 0 Å². The van der Waals surface area contributed by atoms with Crippen molar-refractivity contribution in [3.8, 4) is 11.4 Å². The predicted molar refractivity (Wildman–Crippen MR) is 131 cm³/mol. The Balaban J connectivity index is 1.29. The number of para-hydroxylation sites is 1. The first kappa shape index (κ1) is 22.0. The summed E-state index contributed by atoms with van der Waals surface area (Å²) in [5.41, 5.74) is 2.27. The number of thioether (sulfide) groups is 1. The lowest BCUT2D eigenvalue weighted by Crippen LogP contribution is -2.37. The van der Waals surface area contributed by atoms with E-state index in [1.165, 1.54) is 18.2 Å². The van der Waals surface area contributed by atoms with Crippen LogP contribution in [0.15, 0.2) is 47.4 Å². The van der Waals surface area contributed by atoms with E-state index in [4.69, 9.17) is 11.6 Å². The second kappa shape index (κ2) is 9.57. The fraction of sp³-hybridized carbons (Fsp3) is 0.333. The lowest BCUT2D eigenvalue weighted by Gasteiger charge is -2.28. The highest BCUT2D eigenvalue weighted by atomic mass is 35.5. The van der Waals surface area contributed by atoms with Crippen LogP contribution in [0.5, 0.6) is 0 Å². The standard InChI is InChI=1S/C24H24ClN5O2S/c25-18-10-9-16(14-17(18)24-28-27-21-8-2-1-5-12-30(21)24)26-22(31)11-13-29-19-6-3-4-7-20(19)33-15-23(29)32/h3-4,6-7,9-10,14H,1-2,5,8,11-13,15H2,(H,26,31). The van der Waals surface area contributed by atoms with Crippen molar-refractivity contribution in [3.05, 3.63) is 53.3 Å². The fourth-order valence-corrected chi connectivity index (χ4v) is 5.43. The van der Waals surface area contributed by atoms with Crippen molar-refractivity contribution in [2.24, 2.45) is 0 Å². The van der Waals surface area contributed by atoms with E-state index in [-0.39, 0.29) is 18.2 Å². The van der Waals surface area contributed by atoms with Crippen LogP contribution in [0.2, 0.25) is 5.02 Å². The molecular formula is C24H24ClN5O2S. The van der Waals surface area contributed by atoms with Crippen molar-refractivity contribution >= 4 is 46.6 Å². The Bertz CT molecular complexity index is 1210. The van der Waals surface area contributed by atoms with E-state index in [1.54, 1.807) is 17.0 Å². The van der Waals surface area contributed by atoms with Gasteiger partial charge >= 0.3 is 0 Å². The third kappa shape index (κ3) is 4.63. The fourth-order valence-electron chi connectivity index (χ4n) is 4.29. The number of halogens is 1. The van der Waals surface area contributed by atoms with Crippen LogP contribution < -0.4 is 10.2 Å². The van der Waals surface area contributed by atoms with Gasteiger partial charge in [0.2, 0.25) is 11.8 Å². The van der Waals surface area contributed by atoms with E-state index in [9.17, 15) is 9.59 Å². The number of nitrogens with zero attached hydrogens (tertiary/aromatic N) is 4. The minimum atomic E-state index is -0.160. The van der Waals surface area contributed by atoms with Crippen LogP contribution in [0.1, 0.15) is 31.5 Å². The Morgan fingerprint density at radius 3 is 2.91 bits per heavy atom. The zero-order valence-electron chi connectivity index (χ0n) is 18.1. The summed E-state index contributed by atoms with van der Waals surface area (Å²) in [7, 11) is 0. The smallest absolute Gasteiger partial charge is 0.237 e. The van der Waals surface area contributed by atoms with Crippen LogP contribution in [-0.2, 0) is 22.6 Å². The van der Waals surface area contributed by atoms with Gasteiger partial charge in [-0.1, -0.05) is 30.2 Å². The van der Waals surface area contributed by atoms with Gasteiger partial charge < -0.3 is 14.8 Å². The van der Waals surface area contributed by atoms with Crippen LogP contribution in [0, 0.1) is 0 Å². The number of nitrogens with one attached hydrogen (secondary N) is 1. The lowest BCUT2D eigenvalue weighted by atomic mass is 10.1. The SMILES string of the molecule is O=C(CCN1C(=O)CSc2ccccc21)Nc1ccc(Cl)c(-c2nnc3n2CCCCC3)c1. The molecule has 7 nitrogen and oxygen atoms in total. The Kier molecular flexibility index (Phi) is 6.37. The maximum absolute atomic E-state index is 12.7. The van der Waals surface area contributed by atoms with Gasteiger partial charge in [0.25, 0.3) is 0 Å². The van der Waals surface area contributed by atoms with Crippen molar-refractivity contribution < 1.29 is 9.59 Å². The second-order valence-electron chi connectivity index (χ2n) is 8.20. The topological polar surface area (TPSA) is 80.1 Å². The summed E-state index contributed by atoms with van der Waals surface area (Å²) in [6, 6.07) is 13.2. The normalized spacial score (nSPS) is 15.5. The number of anilines is 2. The van der Waals surface area contributed by atoms with Gasteiger partial charge in [-0.25, -0.2) is 0 Å². The maximum atomic E-state index is 12.7. The van der Waals surface area contributed by atoms with Gasteiger partial charge in [0.1, 0.15) is 5.82 Å². The second-order valence-corrected chi connectivity index (χ2v) is 9.62. The van der Waals surface area contributed by atoms with E-state index in [2.05, 4.69) is 20.1 Å². The molecule has 2 aliphatic rings. The Morgan fingerprint density at radius 2 is 2.00 bits per heavy atom. The molecule has 0 radical (unpaired) electrons. The third-order valence-corrected chi connectivity index (χ3v) is 7.35. The zero-order valence-corrected chi connectivity index (χ0v) is 19.7. The van der Waals surface area contributed by atoms with Gasteiger partial charge in [-0.3, -0.25) is 9.59 Å². The number of hydrogen-bond donors (Lipinski definition) is 1. The molecule has 9 heteroatoms. The van der Waals surface area contributed by atoms with Gasteiger partial charge in [0.15, 0.2) is 5.82 Å². The van der Waals surface area contributed by atoms with Gasteiger partial charge in [0.05, 0.1) is 16.5 Å². The number of fused-ring (bicyclic) bond motifs is 2. The molecule has 0 saturated carbocycles. The summed E-state index contributed by atoms with van der Waals surface area (Å²) in [5, 5.41) is 12.3. The Morgan fingerprint density at radius 1 is 1.12 bits per heavy atom. The molecule has 170 valence electrons. The molecule has 3 aromatic rings. The first-order chi connectivity index (χ1) is 16.1. The van der Waals surface area contributed by atoms with Crippen LogP contribution in [0.25, 0.3) is 11.4 Å². The molecule has 5 rings (SSSR count). The largest absolute Gasteiger partial charge is 0.326 e. The molecule has 0 atom stereocenters. The van der Waals surface area contributed by atoms with Crippen molar-refractivity contribution in [2.45, 2.75) is 43.5 Å². The number of carbonyl (C=O) groups excluding carboxylic acids is 2. The number of hydrogen-bond acceptors (Lipinski definition) is 5. The minimum Gasteiger partial charge on any atom is -0.326 e. The van der Waals surface area contributed by atoms with Gasteiger partial charge in [0, 0.05) is 42.1 Å². The maximum Gasteiger partial charge on any atom is 0.237 e. The van der Waals surface area contributed by atoms with E-state index < -0.39 is 0 Å². The Labute approximate surface area is 201 Å². The van der Waals surface area contributed by atoms with Gasteiger partial charge in [-0.2, -0.15) is 0 Å². The van der Waals surface area contributed by atoms with Crippen molar-refractivity contribution in [1.29, 1.82) is 0 Å². The summed E-state index contributed by atoms with van der Waals surface area (Å²) >= 11 is 8.03. The average molecular weight is 482 g/mol. The molecule has 0 spiro atoms. The van der Waals surface area contributed by atoms with E-state index in [1.807, 2.05) is 30.3 Å². The molecule has 2 amide bonds. The summed E-state index contributed by atoms with van der Waals surface area (Å²) in [4.78, 5) is 27.9. The highest BCUT2D eigenvalue weighted by Crippen LogP contribution is 2.35. The number of carbonyl (C=O) groups is 2. The number of amides is 2. The predicted octanol–water partition coefficient (Wildman–Crippen LogP) is 4.79. The average Bonchev–Trinajstić information content (AvgIpc) is 3.07. The van der Waals surface area contributed by atoms with E-state index in [0.717, 1.165) is 53.6 Å². The molecule has 0 fully saturated rings. The highest BCUT2D eigenvalue weighted by Gasteiger charge is 2.25. The number of aromatic nitrogens is 3. The van der Waals surface area contributed by atoms with Gasteiger partial charge in [-0.05, 0) is 43.2 Å². The van der Waals surface area contributed by atoms with Crippen molar-refractivity contribution in [2.75, 3.05) is 22.5 Å². The van der Waals surface area contributed by atoms with Gasteiger partial charge in [-0.15, -0.1) is 22.0 Å². The molecule has 0 saturated heterocycles.